The van der Waals surface area contributed by atoms with Gasteiger partial charge >= 0.3 is 11.8 Å². The van der Waals surface area contributed by atoms with Crippen LogP contribution in [0.15, 0.2) is 24.4 Å². The SMILES string of the molecule is CC(C)(C)OC(=O)N1CC(Nc2c([N+](=O)[O-])cnc3ccc(C#N)cc23)C(F)(F)C1. The minimum absolute atomic E-state index is 0.162. The summed E-state index contributed by atoms with van der Waals surface area (Å²) in [6, 6.07) is 4.60. The number of nitro groups is 1. The van der Waals surface area contributed by atoms with Gasteiger partial charge in [-0.05, 0) is 39.0 Å². The predicted molar refractivity (Wildman–Crippen MR) is 103 cm³/mol. The van der Waals surface area contributed by atoms with Gasteiger partial charge in [-0.25, -0.2) is 18.6 Å². The summed E-state index contributed by atoms with van der Waals surface area (Å²) in [6.45, 7) is 3.55. The van der Waals surface area contributed by atoms with Crippen LogP contribution in [0.1, 0.15) is 26.3 Å². The molecule has 30 heavy (non-hydrogen) atoms. The van der Waals surface area contributed by atoms with Crippen LogP contribution in [0.25, 0.3) is 10.9 Å². The van der Waals surface area contributed by atoms with Crippen molar-refractivity contribution in [1.82, 2.24) is 9.88 Å². The van der Waals surface area contributed by atoms with Crippen LogP contribution in [-0.2, 0) is 4.74 Å². The smallest absolute Gasteiger partial charge is 0.410 e. The Hall–Kier alpha value is -3.55. The number of nitriles is 1. The van der Waals surface area contributed by atoms with Crippen molar-refractivity contribution in [1.29, 1.82) is 5.26 Å². The highest BCUT2D eigenvalue weighted by Crippen LogP contribution is 2.37. The number of alkyl halides is 2. The van der Waals surface area contributed by atoms with Gasteiger partial charge in [-0.1, -0.05) is 0 Å². The van der Waals surface area contributed by atoms with E-state index in [0.29, 0.717) is 5.52 Å². The lowest BCUT2D eigenvalue weighted by molar-refractivity contribution is -0.384. The molecule has 1 aliphatic rings. The molecule has 1 aliphatic heterocycles. The molecule has 1 saturated heterocycles. The predicted octanol–water partition coefficient (Wildman–Crippen LogP) is 3.68. The van der Waals surface area contributed by atoms with Gasteiger partial charge < -0.3 is 10.1 Å². The minimum Gasteiger partial charge on any atom is -0.444 e. The molecule has 1 aromatic carbocycles. The van der Waals surface area contributed by atoms with Gasteiger partial charge in [-0.15, -0.1) is 0 Å². The van der Waals surface area contributed by atoms with Crippen LogP contribution < -0.4 is 5.32 Å². The number of fused-ring (bicyclic) bond motifs is 1. The number of benzene rings is 1. The van der Waals surface area contributed by atoms with E-state index in [2.05, 4.69) is 10.3 Å². The Balaban J connectivity index is 1.98. The lowest BCUT2D eigenvalue weighted by Gasteiger charge is -2.24. The van der Waals surface area contributed by atoms with E-state index in [9.17, 15) is 23.7 Å². The molecule has 1 fully saturated rings. The number of nitrogens with one attached hydrogen (secondary N) is 1. The van der Waals surface area contributed by atoms with Gasteiger partial charge in [0.2, 0.25) is 0 Å². The molecule has 1 amide bonds. The van der Waals surface area contributed by atoms with Crippen molar-refractivity contribution in [3.63, 3.8) is 0 Å². The monoisotopic (exact) mass is 419 g/mol. The molecule has 2 heterocycles. The second kappa shape index (κ2) is 7.37. The van der Waals surface area contributed by atoms with Crippen LogP contribution in [0.2, 0.25) is 0 Å². The maximum atomic E-state index is 14.7. The van der Waals surface area contributed by atoms with E-state index in [1.807, 2.05) is 6.07 Å². The standard InChI is InChI=1S/C19H19F2N5O4/c1-18(2,3)30-17(27)25-9-15(19(20,21)10-25)24-16-12-6-11(7-22)4-5-13(12)23-8-14(16)26(28)29/h4-6,8,15H,9-10H2,1-3H3,(H,23,24). The highest BCUT2D eigenvalue weighted by molar-refractivity contribution is 5.96. The Labute approximate surface area is 170 Å². The molecule has 0 spiro atoms. The fourth-order valence-electron chi connectivity index (χ4n) is 3.12. The number of pyridine rings is 1. The zero-order valence-electron chi connectivity index (χ0n) is 16.5. The number of hydrogen-bond donors (Lipinski definition) is 1. The number of hydrogen-bond acceptors (Lipinski definition) is 7. The molecule has 1 atom stereocenters. The van der Waals surface area contributed by atoms with E-state index >= 15 is 0 Å². The lowest BCUT2D eigenvalue weighted by atomic mass is 10.1. The molecule has 0 saturated carbocycles. The van der Waals surface area contributed by atoms with E-state index in [1.165, 1.54) is 18.2 Å². The second-order valence-corrected chi connectivity index (χ2v) is 7.94. The first-order chi connectivity index (χ1) is 13.9. The van der Waals surface area contributed by atoms with E-state index in [0.717, 1.165) is 11.1 Å². The van der Waals surface area contributed by atoms with Gasteiger partial charge in [-0.3, -0.25) is 15.0 Å². The van der Waals surface area contributed by atoms with Crippen molar-refractivity contribution in [3.05, 3.63) is 40.1 Å². The average Bonchev–Trinajstić information content (AvgIpc) is 2.94. The Kier molecular flexibility index (Phi) is 5.20. The summed E-state index contributed by atoms with van der Waals surface area (Å²) in [5.74, 6) is -3.37. The van der Waals surface area contributed by atoms with Crippen molar-refractivity contribution in [3.8, 4) is 6.07 Å². The molecule has 1 aromatic heterocycles. The number of carbonyl (C=O) groups excluding carboxylic acids is 1. The number of nitrogens with zero attached hydrogens (tertiary/aromatic N) is 4. The summed E-state index contributed by atoms with van der Waals surface area (Å²) in [6.07, 6.45) is 0.0717. The molecule has 158 valence electrons. The normalized spacial score (nSPS) is 18.1. The van der Waals surface area contributed by atoms with Gasteiger partial charge in [0.05, 0.1) is 35.2 Å². The Morgan fingerprint density at radius 1 is 1.47 bits per heavy atom. The maximum Gasteiger partial charge on any atom is 0.410 e. The number of amides is 1. The third-order valence-corrected chi connectivity index (χ3v) is 4.46. The van der Waals surface area contributed by atoms with Crippen molar-refractivity contribution < 1.29 is 23.2 Å². The lowest BCUT2D eigenvalue weighted by Crippen LogP contribution is -2.38. The molecule has 1 unspecified atom stereocenters. The first-order valence-corrected chi connectivity index (χ1v) is 9.01. The topological polar surface area (TPSA) is 121 Å². The number of anilines is 1. The molecule has 9 nitrogen and oxygen atoms in total. The number of ether oxygens (including phenoxy) is 1. The third-order valence-electron chi connectivity index (χ3n) is 4.46. The molecule has 0 bridgehead atoms. The summed E-state index contributed by atoms with van der Waals surface area (Å²) in [5.41, 5.74) is -1.05. The molecule has 1 N–H and O–H groups in total. The van der Waals surface area contributed by atoms with Crippen LogP contribution in [0, 0.1) is 21.4 Å². The summed E-state index contributed by atoms with van der Waals surface area (Å²) < 4.78 is 34.5. The van der Waals surface area contributed by atoms with Crippen molar-refractivity contribution >= 4 is 28.4 Å². The number of halogens is 2. The Bertz CT molecular complexity index is 1060. The van der Waals surface area contributed by atoms with E-state index in [1.54, 1.807) is 20.8 Å². The fourth-order valence-corrected chi connectivity index (χ4v) is 3.12. The molecule has 2 aromatic rings. The fraction of sp³-hybridized carbons (Fsp3) is 0.421. The first kappa shape index (κ1) is 21.2. The van der Waals surface area contributed by atoms with Crippen molar-refractivity contribution in [2.45, 2.75) is 38.3 Å². The molecular weight excluding hydrogens is 400 g/mol. The van der Waals surface area contributed by atoms with E-state index in [-0.39, 0.29) is 16.6 Å². The Morgan fingerprint density at radius 3 is 2.77 bits per heavy atom. The number of likely N-dealkylation sites (tertiary alicyclic amines) is 1. The van der Waals surface area contributed by atoms with Gasteiger partial charge in [0.1, 0.15) is 23.5 Å². The van der Waals surface area contributed by atoms with Crippen LogP contribution in [0.5, 0.6) is 0 Å². The number of aromatic nitrogens is 1. The van der Waals surface area contributed by atoms with Gasteiger partial charge in [0, 0.05) is 5.39 Å². The highest BCUT2D eigenvalue weighted by atomic mass is 19.3. The van der Waals surface area contributed by atoms with Gasteiger partial charge in [0.15, 0.2) is 0 Å². The van der Waals surface area contributed by atoms with E-state index < -0.39 is 47.4 Å². The zero-order chi connectivity index (χ0) is 22.3. The van der Waals surface area contributed by atoms with Crippen LogP contribution >= 0.6 is 0 Å². The summed E-state index contributed by atoms with van der Waals surface area (Å²) in [5, 5.41) is 23.3. The largest absolute Gasteiger partial charge is 0.444 e. The molecule has 0 aliphatic carbocycles. The Morgan fingerprint density at radius 2 is 2.17 bits per heavy atom. The minimum atomic E-state index is -3.37. The van der Waals surface area contributed by atoms with Gasteiger partial charge in [-0.2, -0.15) is 5.26 Å². The van der Waals surface area contributed by atoms with Crippen LogP contribution in [-0.4, -0.2) is 51.6 Å². The molecule has 3 rings (SSSR count). The van der Waals surface area contributed by atoms with E-state index in [4.69, 9.17) is 10.00 Å². The summed E-state index contributed by atoms with van der Waals surface area (Å²) >= 11 is 0. The van der Waals surface area contributed by atoms with Crippen molar-refractivity contribution in [2.75, 3.05) is 18.4 Å². The van der Waals surface area contributed by atoms with Crippen LogP contribution in [0.3, 0.4) is 0 Å². The summed E-state index contributed by atoms with van der Waals surface area (Å²) in [7, 11) is 0. The summed E-state index contributed by atoms with van der Waals surface area (Å²) in [4.78, 5) is 27.8. The highest BCUT2D eigenvalue weighted by Gasteiger charge is 2.51. The second-order valence-electron chi connectivity index (χ2n) is 7.94. The van der Waals surface area contributed by atoms with Crippen LogP contribution in [0.4, 0.5) is 25.0 Å². The molecular formula is C19H19F2N5O4. The number of rotatable bonds is 3. The zero-order valence-corrected chi connectivity index (χ0v) is 16.5. The first-order valence-electron chi connectivity index (χ1n) is 9.01. The average molecular weight is 419 g/mol. The third kappa shape index (κ3) is 4.22. The quantitative estimate of drug-likeness (QED) is 0.595. The maximum absolute atomic E-state index is 14.7. The van der Waals surface area contributed by atoms with Crippen molar-refractivity contribution in [2.24, 2.45) is 0 Å². The molecule has 0 radical (unpaired) electrons. The van der Waals surface area contributed by atoms with Gasteiger partial charge in [0.25, 0.3) is 5.92 Å². The number of carbonyl (C=O) groups is 1. The molecule has 11 heteroatoms.